The fourth-order valence-electron chi connectivity index (χ4n) is 2.89. The molecule has 1 aliphatic heterocycles. The van der Waals surface area contributed by atoms with Crippen molar-refractivity contribution < 1.29 is 18.8 Å². The minimum atomic E-state index is -0.621. The summed E-state index contributed by atoms with van der Waals surface area (Å²) in [6, 6.07) is 6.89. The number of carbonyl (C=O) groups is 2. The average molecular weight is 357 g/mol. The monoisotopic (exact) mass is 357 g/mol. The minimum Gasteiger partial charge on any atom is -0.449 e. The van der Waals surface area contributed by atoms with Crippen LogP contribution in [0.2, 0.25) is 0 Å². The van der Waals surface area contributed by atoms with Crippen LogP contribution in [0.15, 0.2) is 28.8 Å². The highest BCUT2D eigenvalue weighted by Crippen LogP contribution is 2.23. The second-order valence-corrected chi connectivity index (χ2v) is 6.40. The molecule has 0 bridgehead atoms. The van der Waals surface area contributed by atoms with E-state index in [4.69, 9.17) is 9.26 Å². The number of piperidine rings is 1. The van der Waals surface area contributed by atoms with Gasteiger partial charge in [0.25, 0.3) is 5.89 Å². The number of benzene rings is 1. The largest absolute Gasteiger partial charge is 0.449 e. The van der Waals surface area contributed by atoms with Gasteiger partial charge in [0.1, 0.15) is 0 Å². The molecule has 2 heterocycles. The smallest absolute Gasteiger partial charge is 0.338 e. The number of hydrogen-bond acceptors (Lipinski definition) is 6. The Hall–Kier alpha value is -2.70. The van der Waals surface area contributed by atoms with Crippen LogP contribution in [-0.4, -0.2) is 28.6 Å². The molecule has 0 saturated carbocycles. The Morgan fingerprint density at radius 1 is 1.31 bits per heavy atom. The lowest BCUT2D eigenvalue weighted by Gasteiger charge is -2.26. The SMILES string of the molecule is CCCc1noc(C(C)OC(=O)c2ccc(N3CCCCC3=O)cc2)n1. The van der Waals surface area contributed by atoms with E-state index < -0.39 is 12.1 Å². The van der Waals surface area contributed by atoms with Crippen molar-refractivity contribution in [2.45, 2.75) is 52.1 Å². The molecule has 7 nitrogen and oxygen atoms in total. The Morgan fingerprint density at radius 3 is 2.77 bits per heavy atom. The van der Waals surface area contributed by atoms with Gasteiger partial charge >= 0.3 is 5.97 Å². The number of esters is 1. The summed E-state index contributed by atoms with van der Waals surface area (Å²) in [4.78, 5) is 30.3. The third kappa shape index (κ3) is 4.09. The van der Waals surface area contributed by atoms with Crippen LogP contribution < -0.4 is 4.90 Å². The van der Waals surface area contributed by atoms with Crippen LogP contribution in [0.5, 0.6) is 0 Å². The van der Waals surface area contributed by atoms with Crippen molar-refractivity contribution in [3.63, 3.8) is 0 Å². The van der Waals surface area contributed by atoms with Crippen molar-refractivity contribution in [3.05, 3.63) is 41.5 Å². The molecule has 1 amide bonds. The van der Waals surface area contributed by atoms with Gasteiger partial charge in [0.15, 0.2) is 11.9 Å². The normalized spacial score (nSPS) is 15.8. The number of anilines is 1. The summed E-state index contributed by atoms with van der Waals surface area (Å²) in [5.74, 6) is 0.557. The summed E-state index contributed by atoms with van der Waals surface area (Å²) < 4.78 is 10.5. The molecule has 0 N–H and O–H groups in total. The molecule has 2 aromatic rings. The molecule has 1 fully saturated rings. The van der Waals surface area contributed by atoms with Gasteiger partial charge in [0, 0.05) is 25.1 Å². The lowest BCUT2D eigenvalue weighted by molar-refractivity contribution is -0.119. The molecule has 1 unspecified atom stereocenters. The molecular weight excluding hydrogens is 334 g/mol. The van der Waals surface area contributed by atoms with Gasteiger partial charge < -0.3 is 14.2 Å². The van der Waals surface area contributed by atoms with Gasteiger partial charge in [-0.15, -0.1) is 0 Å². The Kier molecular flexibility index (Phi) is 5.65. The maximum Gasteiger partial charge on any atom is 0.338 e. The molecule has 1 aliphatic rings. The first kappa shape index (κ1) is 18.1. The van der Waals surface area contributed by atoms with E-state index in [1.165, 1.54) is 0 Å². The highest BCUT2D eigenvalue weighted by atomic mass is 16.6. The fourth-order valence-corrected chi connectivity index (χ4v) is 2.89. The minimum absolute atomic E-state index is 0.125. The molecule has 0 aliphatic carbocycles. The number of hydrogen-bond donors (Lipinski definition) is 0. The van der Waals surface area contributed by atoms with E-state index in [1.54, 1.807) is 36.1 Å². The second-order valence-electron chi connectivity index (χ2n) is 6.40. The standard InChI is InChI=1S/C19H23N3O4/c1-3-6-16-20-18(26-21-16)13(2)25-19(24)14-8-10-15(11-9-14)22-12-5-4-7-17(22)23/h8-11,13H,3-7,12H2,1-2H3. The number of aryl methyl sites for hydroxylation is 1. The molecule has 138 valence electrons. The molecular formula is C19H23N3O4. The first-order valence-electron chi connectivity index (χ1n) is 9.02. The molecule has 1 aromatic carbocycles. The summed E-state index contributed by atoms with van der Waals surface area (Å²) in [6.45, 7) is 4.44. The zero-order valence-electron chi connectivity index (χ0n) is 15.1. The van der Waals surface area contributed by atoms with Crippen LogP contribution >= 0.6 is 0 Å². The summed E-state index contributed by atoms with van der Waals surface area (Å²) in [6.07, 6.45) is 3.53. The molecule has 3 rings (SSSR count). The Bertz CT molecular complexity index is 769. The van der Waals surface area contributed by atoms with Crippen LogP contribution in [-0.2, 0) is 16.0 Å². The molecule has 0 radical (unpaired) electrons. The first-order chi connectivity index (χ1) is 12.6. The third-order valence-corrected chi connectivity index (χ3v) is 4.33. The molecule has 1 aromatic heterocycles. The van der Waals surface area contributed by atoms with E-state index in [-0.39, 0.29) is 11.8 Å². The molecule has 1 saturated heterocycles. The van der Waals surface area contributed by atoms with Crippen molar-refractivity contribution in [2.75, 3.05) is 11.4 Å². The number of ether oxygens (including phenoxy) is 1. The van der Waals surface area contributed by atoms with Crippen molar-refractivity contribution in [3.8, 4) is 0 Å². The number of nitrogens with zero attached hydrogens (tertiary/aromatic N) is 3. The first-order valence-corrected chi connectivity index (χ1v) is 9.02. The summed E-state index contributed by atoms with van der Waals surface area (Å²) in [7, 11) is 0. The third-order valence-electron chi connectivity index (χ3n) is 4.33. The number of rotatable bonds is 6. The predicted molar refractivity (Wildman–Crippen MR) is 94.8 cm³/mol. The molecule has 26 heavy (non-hydrogen) atoms. The van der Waals surface area contributed by atoms with Crippen LogP contribution in [0.4, 0.5) is 5.69 Å². The number of aromatic nitrogens is 2. The zero-order valence-corrected chi connectivity index (χ0v) is 15.1. The highest BCUT2D eigenvalue weighted by molar-refractivity contribution is 5.95. The van der Waals surface area contributed by atoms with Crippen LogP contribution in [0.25, 0.3) is 0 Å². The lowest BCUT2D eigenvalue weighted by atomic mass is 10.1. The average Bonchev–Trinajstić information content (AvgIpc) is 3.11. The van der Waals surface area contributed by atoms with E-state index in [0.717, 1.165) is 37.9 Å². The summed E-state index contributed by atoms with van der Waals surface area (Å²) in [5, 5.41) is 3.86. The van der Waals surface area contributed by atoms with Gasteiger partial charge in [-0.25, -0.2) is 4.79 Å². The topological polar surface area (TPSA) is 85.5 Å². The van der Waals surface area contributed by atoms with E-state index in [1.807, 2.05) is 6.92 Å². The van der Waals surface area contributed by atoms with Crippen molar-refractivity contribution >= 4 is 17.6 Å². The quantitative estimate of drug-likeness (QED) is 0.736. The van der Waals surface area contributed by atoms with Gasteiger partial charge in [0.2, 0.25) is 5.91 Å². The van der Waals surface area contributed by atoms with Crippen LogP contribution in [0.1, 0.15) is 67.7 Å². The van der Waals surface area contributed by atoms with Gasteiger partial charge in [-0.1, -0.05) is 12.1 Å². The fraction of sp³-hybridized carbons (Fsp3) is 0.474. The van der Waals surface area contributed by atoms with E-state index in [0.29, 0.717) is 17.8 Å². The summed E-state index contributed by atoms with van der Waals surface area (Å²) >= 11 is 0. The van der Waals surface area contributed by atoms with Crippen LogP contribution in [0, 0.1) is 0 Å². The Labute approximate surface area is 152 Å². The van der Waals surface area contributed by atoms with E-state index >= 15 is 0 Å². The van der Waals surface area contributed by atoms with E-state index in [2.05, 4.69) is 10.1 Å². The predicted octanol–water partition coefficient (Wildman–Crippen LogP) is 3.46. The lowest BCUT2D eigenvalue weighted by Crippen LogP contribution is -2.35. The van der Waals surface area contributed by atoms with Crippen molar-refractivity contribution in [1.82, 2.24) is 10.1 Å². The van der Waals surface area contributed by atoms with Crippen molar-refractivity contribution in [2.24, 2.45) is 0 Å². The highest BCUT2D eigenvalue weighted by Gasteiger charge is 2.22. The molecule has 1 atom stereocenters. The van der Waals surface area contributed by atoms with Gasteiger partial charge in [0.05, 0.1) is 5.56 Å². The van der Waals surface area contributed by atoms with E-state index in [9.17, 15) is 9.59 Å². The maximum absolute atomic E-state index is 12.3. The zero-order chi connectivity index (χ0) is 18.5. The van der Waals surface area contributed by atoms with Crippen molar-refractivity contribution in [1.29, 1.82) is 0 Å². The van der Waals surface area contributed by atoms with Gasteiger partial charge in [-0.05, 0) is 50.5 Å². The van der Waals surface area contributed by atoms with Crippen LogP contribution in [0.3, 0.4) is 0 Å². The number of carbonyl (C=O) groups excluding carboxylic acids is 2. The summed E-state index contributed by atoms with van der Waals surface area (Å²) in [5.41, 5.74) is 1.22. The maximum atomic E-state index is 12.3. The molecule has 0 spiro atoms. The molecule has 7 heteroatoms. The van der Waals surface area contributed by atoms with Gasteiger partial charge in [-0.2, -0.15) is 4.98 Å². The Balaban J connectivity index is 1.63. The number of amides is 1. The second kappa shape index (κ2) is 8.12. The van der Waals surface area contributed by atoms with Gasteiger partial charge in [-0.3, -0.25) is 4.79 Å². The Morgan fingerprint density at radius 2 is 2.08 bits per heavy atom.